The first-order valence-electron chi connectivity index (χ1n) is 6.83. The lowest BCUT2D eigenvalue weighted by Gasteiger charge is -2.18. The first kappa shape index (κ1) is 17.0. The average molecular weight is 382 g/mol. The highest BCUT2D eigenvalue weighted by Crippen LogP contribution is 2.25. The van der Waals surface area contributed by atoms with Crippen molar-refractivity contribution in [1.29, 1.82) is 0 Å². The summed E-state index contributed by atoms with van der Waals surface area (Å²) < 4.78 is 7.26. The number of hydrogen-bond acceptors (Lipinski definition) is 4. The van der Waals surface area contributed by atoms with Crippen LogP contribution in [0.25, 0.3) is 0 Å². The number of ether oxygens (including phenoxy) is 1. The zero-order chi connectivity index (χ0) is 16.8. The molecule has 0 aliphatic carbocycles. The summed E-state index contributed by atoms with van der Waals surface area (Å²) in [6.07, 6.45) is 0.577. The number of rotatable bonds is 6. The first-order chi connectivity index (χ1) is 11.0. The van der Waals surface area contributed by atoms with Gasteiger partial charge in [0.1, 0.15) is 6.61 Å². The van der Waals surface area contributed by atoms with E-state index in [1.165, 1.54) is 4.68 Å². The molecule has 0 radical (unpaired) electrons. The van der Waals surface area contributed by atoms with E-state index in [1.54, 1.807) is 13.2 Å². The van der Waals surface area contributed by atoms with E-state index in [9.17, 15) is 9.59 Å². The van der Waals surface area contributed by atoms with Crippen LogP contribution in [0.4, 0.5) is 4.79 Å². The van der Waals surface area contributed by atoms with Crippen molar-refractivity contribution in [2.75, 3.05) is 0 Å². The van der Waals surface area contributed by atoms with Crippen LogP contribution in [0.3, 0.4) is 0 Å². The highest BCUT2D eigenvalue weighted by atomic mass is 79.9. The van der Waals surface area contributed by atoms with Crippen molar-refractivity contribution < 1.29 is 19.4 Å². The predicted octanol–water partition coefficient (Wildman–Crippen LogP) is 2.62. The minimum Gasteiger partial charge on any atom is -0.481 e. The molecule has 1 atom stereocenters. The van der Waals surface area contributed by atoms with Crippen LogP contribution in [0.15, 0.2) is 41.0 Å². The molecule has 0 saturated carbocycles. The monoisotopic (exact) mass is 381 g/mol. The van der Waals surface area contributed by atoms with Crippen LogP contribution in [-0.2, 0) is 23.2 Å². The number of halogens is 1. The molecule has 2 N–H and O–H groups in total. The van der Waals surface area contributed by atoms with Gasteiger partial charge in [0.15, 0.2) is 0 Å². The molecular weight excluding hydrogens is 366 g/mol. The van der Waals surface area contributed by atoms with Crippen molar-refractivity contribution in [3.63, 3.8) is 0 Å². The number of nitrogens with zero attached hydrogens (tertiary/aromatic N) is 2. The number of aryl methyl sites for hydroxylation is 1. The predicted molar refractivity (Wildman–Crippen MR) is 85.7 cm³/mol. The minimum atomic E-state index is -1.04. The molecule has 122 valence electrons. The van der Waals surface area contributed by atoms with E-state index in [2.05, 4.69) is 26.3 Å². The van der Waals surface area contributed by atoms with E-state index in [1.807, 2.05) is 30.3 Å². The number of hydrogen-bond donors (Lipinski definition) is 2. The SMILES string of the molecule is Cn1ncc(Br)c1[C@@H](CC(=O)O)NC(=O)OCc1ccccc1. The van der Waals surface area contributed by atoms with Crippen LogP contribution >= 0.6 is 15.9 Å². The summed E-state index contributed by atoms with van der Waals surface area (Å²) in [5.74, 6) is -1.04. The minimum absolute atomic E-state index is 0.110. The molecule has 0 aliphatic heterocycles. The molecule has 0 fully saturated rings. The largest absolute Gasteiger partial charge is 0.481 e. The van der Waals surface area contributed by atoms with Crippen molar-refractivity contribution >= 4 is 28.0 Å². The summed E-state index contributed by atoms with van der Waals surface area (Å²) in [7, 11) is 1.67. The summed E-state index contributed by atoms with van der Waals surface area (Å²) in [4.78, 5) is 23.0. The summed E-state index contributed by atoms with van der Waals surface area (Å²) in [5, 5.41) is 15.6. The Morgan fingerprint density at radius 1 is 1.39 bits per heavy atom. The lowest BCUT2D eigenvalue weighted by molar-refractivity contribution is -0.137. The fourth-order valence-electron chi connectivity index (χ4n) is 2.11. The van der Waals surface area contributed by atoms with Crippen LogP contribution in [-0.4, -0.2) is 26.9 Å². The molecule has 1 amide bonds. The topological polar surface area (TPSA) is 93.5 Å². The van der Waals surface area contributed by atoms with Crippen molar-refractivity contribution in [2.45, 2.75) is 19.1 Å². The van der Waals surface area contributed by atoms with Gasteiger partial charge < -0.3 is 15.2 Å². The Kier molecular flexibility index (Phi) is 5.75. The van der Waals surface area contributed by atoms with Crippen molar-refractivity contribution in [2.24, 2.45) is 7.05 Å². The second-order valence-electron chi connectivity index (χ2n) is 4.86. The summed E-state index contributed by atoms with van der Waals surface area (Å²) in [6.45, 7) is 0.110. The maximum absolute atomic E-state index is 12.0. The Hall–Kier alpha value is -2.35. The highest BCUT2D eigenvalue weighted by Gasteiger charge is 2.24. The van der Waals surface area contributed by atoms with Gasteiger partial charge in [-0.15, -0.1) is 0 Å². The van der Waals surface area contributed by atoms with Crippen molar-refractivity contribution in [3.05, 3.63) is 52.3 Å². The van der Waals surface area contributed by atoms with E-state index >= 15 is 0 Å². The summed E-state index contributed by atoms with van der Waals surface area (Å²) >= 11 is 3.30. The zero-order valence-electron chi connectivity index (χ0n) is 12.4. The number of carboxylic acid groups (broad SMARTS) is 1. The average Bonchev–Trinajstić information content (AvgIpc) is 2.84. The van der Waals surface area contributed by atoms with Crippen LogP contribution in [0, 0.1) is 0 Å². The molecule has 0 saturated heterocycles. The van der Waals surface area contributed by atoms with Crippen LogP contribution in [0.2, 0.25) is 0 Å². The van der Waals surface area contributed by atoms with Gasteiger partial charge in [-0.2, -0.15) is 5.10 Å². The Bertz CT molecular complexity index is 668. The lowest BCUT2D eigenvalue weighted by Crippen LogP contribution is -2.32. The molecule has 7 nitrogen and oxygen atoms in total. The molecule has 2 rings (SSSR count). The van der Waals surface area contributed by atoms with Gasteiger partial charge in [0.05, 0.1) is 28.8 Å². The number of aromatic nitrogens is 2. The third kappa shape index (κ3) is 4.82. The number of benzene rings is 1. The fourth-order valence-corrected chi connectivity index (χ4v) is 2.73. The standard InChI is InChI=1S/C15H16BrN3O4/c1-19-14(11(16)8-17-19)12(7-13(20)21)18-15(22)23-9-10-5-3-2-4-6-10/h2-6,8,12H,7,9H2,1H3,(H,18,22)(H,20,21)/t12-/m1/s1. The number of amides is 1. The van der Waals surface area contributed by atoms with Gasteiger partial charge in [-0.05, 0) is 21.5 Å². The number of carboxylic acids is 1. The van der Waals surface area contributed by atoms with Crippen LogP contribution in [0.5, 0.6) is 0 Å². The van der Waals surface area contributed by atoms with Gasteiger partial charge in [0.25, 0.3) is 0 Å². The Labute approximate surface area is 141 Å². The number of carbonyl (C=O) groups is 2. The quantitative estimate of drug-likeness (QED) is 0.801. The molecule has 1 aromatic carbocycles. The molecule has 0 spiro atoms. The number of aliphatic carboxylic acids is 1. The Morgan fingerprint density at radius 3 is 2.65 bits per heavy atom. The third-order valence-corrected chi connectivity index (χ3v) is 3.76. The van der Waals surface area contributed by atoms with E-state index in [4.69, 9.17) is 9.84 Å². The van der Waals surface area contributed by atoms with Gasteiger partial charge in [0.2, 0.25) is 0 Å². The maximum Gasteiger partial charge on any atom is 0.408 e. The molecule has 0 aliphatic rings. The second-order valence-corrected chi connectivity index (χ2v) is 5.71. The van der Waals surface area contributed by atoms with Gasteiger partial charge in [-0.1, -0.05) is 30.3 Å². The second kappa shape index (κ2) is 7.77. The normalized spacial score (nSPS) is 11.7. The van der Waals surface area contributed by atoms with Gasteiger partial charge in [-0.3, -0.25) is 9.48 Å². The van der Waals surface area contributed by atoms with Crippen molar-refractivity contribution in [1.82, 2.24) is 15.1 Å². The van der Waals surface area contributed by atoms with Crippen LogP contribution < -0.4 is 5.32 Å². The first-order valence-corrected chi connectivity index (χ1v) is 7.63. The Balaban J connectivity index is 2.03. The molecule has 0 unspecified atom stereocenters. The molecule has 1 aromatic heterocycles. The van der Waals surface area contributed by atoms with Crippen LogP contribution in [0.1, 0.15) is 23.7 Å². The summed E-state index contributed by atoms with van der Waals surface area (Å²) in [5.41, 5.74) is 1.41. The van der Waals surface area contributed by atoms with Gasteiger partial charge in [0, 0.05) is 7.05 Å². The van der Waals surface area contributed by atoms with Gasteiger partial charge >= 0.3 is 12.1 Å². The smallest absolute Gasteiger partial charge is 0.408 e. The summed E-state index contributed by atoms with van der Waals surface area (Å²) in [6, 6.07) is 8.47. The fraction of sp³-hybridized carbons (Fsp3) is 0.267. The number of alkyl carbamates (subject to hydrolysis) is 1. The number of nitrogens with one attached hydrogen (secondary N) is 1. The number of carbonyl (C=O) groups excluding carboxylic acids is 1. The van der Waals surface area contributed by atoms with Gasteiger partial charge in [-0.25, -0.2) is 4.79 Å². The lowest BCUT2D eigenvalue weighted by atomic mass is 10.1. The zero-order valence-corrected chi connectivity index (χ0v) is 14.0. The molecule has 1 heterocycles. The maximum atomic E-state index is 12.0. The Morgan fingerprint density at radius 2 is 2.09 bits per heavy atom. The third-order valence-electron chi connectivity index (χ3n) is 3.15. The molecule has 8 heteroatoms. The molecule has 23 heavy (non-hydrogen) atoms. The molecular formula is C15H16BrN3O4. The van der Waals surface area contributed by atoms with E-state index in [-0.39, 0.29) is 13.0 Å². The molecule has 0 bridgehead atoms. The van der Waals surface area contributed by atoms with E-state index in [0.717, 1.165) is 5.56 Å². The molecule has 2 aromatic rings. The van der Waals surface area contributed by atoms with E-state index < -0.39 is 18.1 Å². The van der Waals surface area contributed by atoms with Crippen molar-refractivity contribution in [3.8, 4) is 0 Å². The highest BCUT2D eigenvalue weighted by molar-refractivity contribution is 9.10. The van der Waals surface area contributed by atoms with E-state index in [0.29, 0.717) is 10.2 Å².